The molecule has 8 heteroatoms. The van der Waals surface area contributed by atoms with E-state index in [1.807, 2.05) is 0 Å². The highest BCUT2D eigenvalue weighted by Gasteiger charge is 2.32. The summed E-state index contributed by atoms with van der Waals surface area (Å²) in [6, 6.07) is 4.14. The minimum atomic E-state index is -3.69. The van der Waals surface area contributed by atoms with Gasteiger partial charge in [-0.2, -0.15) is 0 Å². The Morgan fingerprint density at radius 3 is 2.59 bits per heavy atom. The van der Waals surface area contributed by atoms with Gasteiger partial charge in [-0.1, -0.05) is 50.8 Å². The Hall–Kier alpha value is -1.18. The zero-order valence-corrected chi connectivity index (χ0v) is 18.9. The molecule has 1 amide bonds. The van der Waals surface area contributed by atoms with Gasteiger partial charge in [0.15, 0.2) is 0 Å². The number of nitrogens with zero attached hydrogens (tertiary/aromatic N) is 1. The Labute approximate surface area is 179 Å². The lowest BCUT2D eigenvalue weighted by atomic mass is 9.95. The Bertz CT molecular complexity index is 760. The molecular weight excluding hydrogens is 415 g/mol. The lowest BCUT2D eigenvalue weighted by Gasteiger charge is -2.31. The Balaban J connectivity index is 1.86. The molecule has 0 unspecified atom stereocenters. The van der Waals surface area contributed by atoms with Crippen LogP contribution in [-0.4, -0.2) is 38.3 Å². The number of halogens is 2. The van der Waals surface area contributed by atoms with E-state index >= 15 is 0 Å². The van der Waals surface area contributed by atoms with Crippen molar-refractivity contribution in [3.8, 4) is 0 Å². The molecular formula is C21H32ClFN2O3S. The van der Waals surface area contributed by atoms with Crippen molar-refractivity contribution >= 4 is 27.5 Å². The van der Waals surface area contributed by atoms with E-state index in [1.54, 1.807) is 0 Å². The Morgan fingerprint density at radius 2 is 2.00 bits per heavy atom. The predicted octanol–water partition coefficient (Wildman–Crippen LogP) is 4.35. The molecule has 164 valence electrons. The quantitative estimate of drug-likeness (QED) is 0.580. The van der Waals surface area contributed by atoms with Crippen molar-refractivity contribution in [1.82, 2.24) is 9.62 Å². The second-order valence-corrected chi connectivity index (χ2v) is 10.2. The molecule has 0 spiro atoms. The number of benzene rings is 1. The van der Waals surface area contributed by atoms with E-state index in [4.69, 9.17) is 11.6 Å². The van der Waals surface area contributed by atoms with E-state index in [1.165, 1.54) is 22.5 Å². The zero-order valence-electron chi connectivity index (χ0n) is 17.3. The molecule has 0 aromatic heterocycles. The Morgan fingerprint density at radius 1 is 1.31 bits per heavy atom. The highest BCUT2D eigenvalue weighted by molar-refractivity contribution is 7.88. The number of carbonyl (C=O) groups is 1. The first-order valence-electron chi connectivity index (χ1n) is 10.5. The third-order valence-electron chi connectivity index (χ3n) is 5.71. The fourth-order valence-electron chi connectivity index (χ4n) is 3.67. The van der Waals surface area contributed by atoms with Crippen LogP contribution in [0.25, 0.3) is 0 Å². The molecule has 29 heavy (non-hydrogen) atoms. The first kappa shape index (κ1) is 24.1. The van der Waals surface area contributed by atoms with E-state index in [0.717, 1.165) is 25.7 Å². The van der Waals surface area contributed by atoms with Crippen LogP contribution >= 0.6 is 11.6 Å². The molecule has 1 heterocycles. The normalized spacial score (nSPS) is 17.2. The molecule has 1 fully saturated rings. The van der Waals surface area contributed by atoms with Gasteiger partial charge in [0.25, 0.3) is 0 Å². The van der Waals surface area contributed by atoms with Crippen LogP contribution in [0.1, 0.15) is 57.9 Å². The number of rotatable bonds is 10. The molecule has 1 aliphatic heterocycles. The number of nitrogens with one attached hydrogen (secondary N) is 1. The minimum absolute atomic E-state index is 0.00767. The highest BCUT2D eigenvalue weighted by Crippen LogP contribution is 2.26. The van der Waals surface area contributed by atoms with E-state index in [9.17, 15) is 17.6 Å². The van der Waals surface area contributed by atoms with Crippen molar-refractivity contribution in [2.45, 2.75) is 58.1 Å². The molecule has 1 N–H and O–H groups in total. The van der Waals surface area contributed by atoms with Gasteiger partial charge in [0.05, 0.1) is 5.75 Å². The van der Waals surface area contributed by atoms with Gasteiger partial charge in [0.1, 0.15) is 5.82 Å². The van der Waals surface area contributed by atoms with Gasteiger partial charge in [0, 0.05) is 36.1 Å². The molecule has 0 radical (unpaired) electrons. The molecule has 1 saturated heterocycles. The number of unbranched alkanes of at least 4 members (excludes halogenated alkanes) is 1. The molecule has 1 aromatic carbocycles. The standard InChI is InChI=1S/C21H32ClFN2O3S/c1-3-5-7-16(4-2)14-24-21(26)17-10-12-25(13-11-17)29(27,28)15-18-19(22)8-6-9-20(18)23/h6,8-9,16-17H,3-5,7,10-15H2,1-2H3,(H,24,26)/t16-/m1/s1. The molecule has 0 aliphatic carbocycles. The summed E-state index contributed by atoms with van der Waals surface area (Å²) in [7, 11) is -3.69. The smallest absolute Gasteiger partial charge is 0.223 e. The molecule has 1 aromatic rings. The van der Waals surface area contributed by atoms with Gasteiger partial charge in [-0.15, -0.1) is 0 Å². The maximum atomic E-state index is 14.0. The van der Waals surface area contributed by atoms with Crippen LogP contribution in [0.2, 0.25) is 5.02 Å². The molecule has 0 bridgehead atoms. The summed E-state index contributed by atoms with van der Waals surface area (Å²) < 4.78 is 40.7. The lowest BCUT2D eigenvalue weighted by Crippen LogP contribution is -2.44. The largest absolute Gasteiger partial charge is 0.356 e. The number of sulfonamides is 1. The van der Waals surface area contributed by atoms with Crippen LogP contribution < -0.4 is 5.32 Å². The molecule has 2 rings (SSSR count). The van der Waals surface area contributed by atoms with E-state index < -0.39 is 21.6 Å². The topological polar surface area (TPSA) is 66.5 Å². The van der Waals surface area contributed by atoms with Gasteiger partial charge in [-0.3, -0.25) is 4.79 Å². The number of hydrogen-bond acceptors (Lipinski definition) is 3. The van der Waals surface area contributed by atoms with Crippen molar-refractivity contribution in [1.29, 1.82) is 0 Å². The van der Waals surface area contributed by atoms with Crippen LogP contribution in [0.3, 0.4) is 0 Å². The second kappa shape index (κ2) is 11.3. The maximum Gasteiger partial charge on any atom is 0.223 e. The fourth-order valence-corrected chi connectivity index (χ4v) is 5.59. The SMILES string of the molecule is CCCC[C@@H](CC)CNC(=O)C1CCN(S(=O)(=O)Cc2c(F)cccc2Cl)CC1. The van der Waals surface area contributed by atoms with Crippen molar-refractivity contribution < 1.29 is 17.6 Å². The lowest BCUT2D eigenvalue weighted by molar-refractivity contribution is -0.126. The van der Waals surface area contributed by atoms with Crippen LogP contribution in [0.5, 0.6) is 0 Å². The first-order chi connectivity index (χ1) is 13.8. The summed E-state index contributed by atoms with van der Waals surface area (Å²) in [6.07, 6.45) is 5.41. The number of hydrogen-bond donors (Lipinski definition) is 1. The van der Waals surface area contributed by atoms with Gasteiger partial charge in [-0.05, 0) is 37.3 Å². The van der Waals surface area contributed by atoms with Crippen molar-refractivity contribution in [3.05, 3.63) is 34.6 Å². The summed E-state index contributed by atoms with van der Waals surface area (Å²) >= 11 is 5.97. The summed E-state index contributed by atoms with van der Waals surface area (Å²) in [5.74, 6) is -0.768. The van der Waals surface area contributed by atoms with Crippen LogP contribution in [0.4, 0.5) is 4.39 Å². The van der Waals surface area contributed by atoms with Gasteiger partial charge in [-0.25, -0.2) is 17.1 Å². The number of carbonyl (C=O) groups excluding carboxylic acids is 1. The zero-order chi connectivity index (χ0) is 21.4. The molecule has 5 nitrogen and oxygen atoms in total. The van der Waals surface area contributed by atoms with Crippen LogP contribution in [0.15, 0.2) is 18.2 Å². The van der Waals surface area contributed by atoms with Gasteiger partial charge in [0.2, 0.25) is 15.9 Å². The maximum absolute atomic E-state index is 14.0. The third kappa shape index (κ3) is 6.93. The van der Waals surface area contributed by atoms with E-state index in [2.05, 4.69) is 19.2 Å². The Kier molecular flexibility index (Phi) is 9.37. The fraction of sp³-hybridized carbons (Fsp3) is 0.667. The second-order valence-electron chi connectivity index (χ2n) is 7.79. The van der Waals surface area contributed by atoms with Crippen molar-refractivity contribution in [3.63, 3.8) is 0 Å². The summed E-state index contributed by atoms with van der Waals surface area (Å²) in [6.45, 7) is 5.50. The third-order valence-corrected chi connectivity index (χ3v) is 7.87. The predicted molar refractivity (Wildman–Crippen MR) is 115 cm³/mol. The highest BCUT2D eigenvalue weighted by atomic mass is 35.5. The molecule has 0 saturated carbocycles. The van der Waals surface area contributed by atoms with Crippen molar-refractivity contribution in [2.24, 2.45) is 11.8 Å². The number of piperidine rings is 1. The summed E-state index contributed by atoms with van der Waals surface area (Å²) in [5.41, 5.74) is -0.00767. The van der Waals surface area contributed by atoms with E-state index in [-0.39, 0.29) is 35.5 Å². The van der Waals surface area contributed by atoms with Crippen LogP contribution in [-0.2, 0) is 20.6 Å². The summed E-state index contributed by atoms with van der Waals surface area (Å²) in [5, 5.41) is 3.15. The average Bonchev–Trinajstić information content (AvgIpc) is 2.71. The molecule has 1 atom stereocenters. The first-order valence-corrected chi connectivity index (χ1v) is 12.5. The van der Waals surface area contributed by atoms with Gasteiger partial charge >= 0.3 is 0 Å². The van der Waals surface area contributed by atoms with Gasteiger partial charge < -0.3 is 5.32 Å². The molecule has 1 aliphatic rings. The summed E-state index contributed by atoms with van der Waals surface area (Å²) in [4.78, 5) is 12.5. The van der Waals surface area contributed by atoms with Crippen molar-refractivity contribution in [2.75, 3.05) is 19.6 Å². The number of amides is 1. The monoisotopic (exact) mass is 446 g/mol. The average molecular weight is 447 g/mol. The van der Waals surface area contributed by atoms with Crippen LogP contribution in [0, 0.1) is 17.7 Å². The minimum Gasteiger partial charge on any atom is -0.356 e. The van der Waals surface area contributed by atoms with E-state index in [0.29, 0.717) is 25.3 Å².